The number of fused-ring (bicyclic) bond motifs is 1. The lowest BCUT2D eigenvalue weighted by molar-refractivity contribution is -0.119. The minimum atomic E-state index is 0.0808. The first-order valence-electron chi connectivity index (χ1n) is 9.01. The maximum absolute atomic E-state index is 12.4. The normalized spacial score (nSPS) is 19.3. The Bertz CT molecular complexity index is 715. The molecule has 0 atom stereocenters. The van der Waals surface area contributed by atoms with Crippen LogP contribution >= 0.6 is 0 Å². The lowest BCUT2D eigenvalue weighted by Crippen LogP contribution is -2.24. The highest BCUT2D eigenvalue weighted by atomic mass is 16.1. The van der Waals surface area contributed by atoms with E-state index in [-0.39, 0.29) is 11.8 Å². The van der Waals surface area contributed by atoms with Crippen LogP contribution in [0.2, 0.25) is 0 Å². The van der Waals surface area contributed by atoms with Crippen LogP contribution < -0.4 is 5.32 Å². The van der Waals surface area contributed by atoms with Crippen LogP contribution in [0.5, 0.6) is 0 Å². The molecule has 1 aliphatic heterocycles. The summed E-state index contributed by atoms with van der Waals surface area (Å²) in [5.74, 6) is 0.793. The summed E-state index contributed by atoms with van der Waals surface area (Å²) < 4.78 is 1.92. The van der Waals surface area contributed by atoms with Crippen molar-refractivity contribution in [3.05, 3.63) is 12.5 Å². The molecule has 0 unspecified atom stereocenters. The van der Waals surface area contributed by atoms with Crippen molar-refractivity contribution in [2.24, 2.45) is 5.92 Å². The van der Waals surface area contributed by atoms with E-state index in [4.69, 9.17) is 0 Å². The van der Waals surface area contributed by atoms with Gasteiger partial charge >= 0.3 is 0 Å². The molecule has 1 amide bonds. The number of rotatable bonds is 5. The average Bonchev–Trinajstić information content (AvgIpc) is 3.34. The molecule has 7 heteroatoms. The number of hydrogen-bond acceptors (Lipinski definition) is 5. The summed E-state index contributed by atoms with van der Waals surface area (Å²) in [7, 11) is 0. The third-order valence-corrected chi connectivity index (χ3v) is 5.23. The van der Waals surface area contributed by atoms with Crippen molar-refractivity contribution in [1.82, 2.24) is 24.6 Å². The van der Waals surface area contributed by atoms with E-state index in [9.17, 15) is 4.79 Å². The predicted molar refractivity (Wildman–Crippen MR) is 91.6 cm³/mol. The van der Waals surface area contributed by atoms with E-state index in [0.29, 0.717) is 5.82 Å². The Morgan fingerprint density at radius 1 is 1.12 bits per heavy atom. The van der Waals surface area contributed by atoms with E-state index in [1.807, 2.05) is 4.68 Å². The molecular formula is C17H24N6O. The highest BCUT2D eigenvalue weighted by Crippen LogP contribution is 2.27. The summed E-state index contributed by atoms with van der Waals surface area (Å²) in [4.78, 5) is 23.4. The van der Waals surface area contributed by atoms with Gasteiger partial charge in [-0.25, -0.2) is 14.6 Å². The summed E-state index contributed by atoms with van der Waals surface area (Å²) in [5.41, 5.74) is 0.797. The van der Waals surface area contributed by atoms with Crippen molar-refractivity contribution in [1.29, 1.82) is 0 Å². The number of carbonyl (C=O) groups excluding carboxylic acids is 1. The Kier molecular flexibility index (Phi) is 4.42. The number of nitrogens with zero attached hydrogens (tertiary/aromatic N) is 5. The molecule has 2 aromatic heterocycles. The smallest absolute Gasteiger partial charge is 0.228 e. The Morgan fingerprint density at radius 2 is 1.92 bits per heavy atom. The minimum Gasteiger partial charge on any atom is -0.310 e. The van der Waals surface area contributed by atoms with Crippen molar-refractivity contribution >= 4 is 22.8 Å². The highest BCUT2D eigenvalue weighted by molar-refractivity contribution is 5.99. The van der Waals surface area contributed by atoms with Gasteiger partial charge in [0.25, 0.3) is 0 Å². The largest absolute Gasteiger partial charge is 0.310 e. The van der Waals surface area contributed by atoms with Gasteiger partial charge in [-0.1, -0.05) is 12.8 Å². The first-order chi connectivity index (χ1) is 11.8. The van der Waals surface area contributed by atoms with Gasteiger partial charge in [0.05, 0.1) is 18.1 Å². The number of hydrogen-bond donors (Lipinski definition) is 1. The fraction of sp³-hybridized carbons (Fsp3) is 0.647. The topological polar surface area (TPSA) is 75.9 Å². The fourth-order valence-electron chi connectivity index (χ4n) is 3.81. The molecular weight excluding hydrogens is 304 g/mol. The number of carbonyl (C=O) groups is 1. The summed E-state index contributed by atoms with van der Waals surface area (Å²) >= 11 is 0. The van der Waals surface area contributed by atoms with E-state index in [0.717, 1.165) is 49.8 Å². The van der Waals surface area contributed by atoms with Gasteiger partial charge in [-0.15, -0.1) is 0 Å². The van der Waals surface area contributed by atoms with Gasteiger partial charge in [0.2, 0.25) is 5.91 Å². The molecule has 2 aliphatic rings. The molecule has 0 radical (unpaired) electrons. The lowest BCUT2D eigenvalue weighted by Gasteiger charge is -2.14. The second kappa shape index (κ2) is 6.84. The van der Waals surface area contributed by atoms with E-state index in [2.05, 4.69) is 25.3 Å². The fourth-order valence-corrected chi connectivity index (χ4v) is 3.81. The SMILES string of the molecule is O=C(Nc1ncnc2c1cnn2CCN1CCCC1)C1CCCC1. The Labute approximate surface area is 141 Å². The quantitative estimate of drug-likeness (QED) is 0.909. The number of anilines is 1. The van der Waals surface area contributed by atoms with Crippen LogP contribution in [0.15, 0.2) is 12.5 Å². The van der Waals surface area contributed by atoms with Gasteiger partial charge in [0.1, 0.15) is 12.1 Å². The molecule has 0 spiro atoms. The molecule has 0 bridgehead atoms. The molecule has 2 aromatic rings. The molecule has 1 saturated carbocycles. The second-order valence-electron chi connectivity index (χ2n) is 6.85. The molecule has 1 saturated heterocycles. The molecule has 24 heavy (non-hydrogen) atoms. The van der Waals surface area contributed by atoms with E-state index in [1.165, 1.54) is 32.3 Å². The Morgan fingerprint density at radius 3 is 2.71 bits per heavy atom. The van der Waals surface area contributed by atoms with Crippen LogP contribution in [0.25, 0.3) is 11.0 Å². The monoisotopic (exact) mass is 328 g/mol. The van der Waals surface area contributed by atoms with Crippen LogP contribution in [-0.2, 0) is 11.3 Å². The van der Waals surface area contributed by atoms with Crippen LogP contribution in [0, 0.1) is 5.92 Å². The van der Waals surface area contributed by atoms with Crippen molar-refractivity contribution in [3.63, 3.8) is 0 Å². The molecule has 0 aromatic carbocycles. The molecule has 3 heterocycles. The summed E-state index contributed by atoms with van der Waals surface area (Å²) in [6.45, 7) is 4.16. The lowest BCUT2D eigenvalue weighted by atomic mass is 10.1. The Hall–Kier alpha value is -2.02. The van der Waals surface area contributed by atoms with Gasteiger partial charge in [-0.2, -0.15) is 5.10 Å². The van der Waals surface area contributed by atoms with Crippen molar-refractivity contribution in [2.45, 2.75) is 45.1 Å². The Balaban J connectivity index is 1.49. The average molecular weight is 328 g/mol. The van der Waals surface area contributed by atoms with Gasteiger partial charge < -0.3 is 10.2 Å². The van der Waals surface area contributed by atoms with Crippen LogP contribution in [0.3, 0.4) is 0 Å². The van der Waals surface area contributed by atoms with Gasteiger partial charge in [-0.3, -0.25) is 4.79 Å². The second-order valence-corrected chi connectivity index (χ2v) is 6.85. The van der Waals surface area contributed by atoms with Gasteiger partial charge in [0, 0.05) is 12.5 Å². The van der Waals surface area contributed by atoms with E-state index in [1.54, 1.807) is 6.20 Å². The minimum absolute atomic E-state index is 0.0808. The first kappa shape index (κ1) is 15.5. The summed E-state index contributed by atoms with van der Waals surface area (Å²) in [6, 6.07) is 0. The number of nitrogens with one attached hydrogen (secondary N) is 1. The van der Waals surface area contributed by atoms with Crippen LogP contribution in [-0.4, -0.2) is 50.2 Å². The number of likely N-dealkylation sites (tertiary alicyclic amines) is 1. The first-order valence-corrected chi connectivity index (χ1v) is 9.01. The molecule has 128 valence electrons. The molecule has 1 N–H and O–H groups in total. The number of aromatic nitrogens is 4. The predicted octanol–water partition coefficient (Wildman–Crippen LogP) is 2.05. The third kappa shape index (κ3) is 3.13. The molecule has 4 rings (SSSR count). The van der Waals surface area contributed by atoms with Crippen molar-refractivity contribution < 1.29 is 4.79 Å². The summed E-state index contributed by atoms with van der Waals surface area (Å²) in [6.07, 6.45) is 10.1. The standard InChI is InChI=1S/C17H24N6O/c24-17(13-5-1-2-6-13)21-15-14-11-20-23(16(14)19-12-18-15)10-9-22-7-3-4-8-22/h11-13H,1-10H2,(H,18,19,21,24). The van der Waals surface area contributed by atoms with Gasteiger partial charge in [0.15, 0.2) is 5.65 Å². The molecule has 2 fully saturated rings. The maximum Gasteiger partial charge on any atom is 0.228 e. The van der Waals surface area contributed by atoms with Crippen LogP contribution in [0.4, 0.5) is 5.82 Å². The highest BCUT2D eigenvalue weighted by Gasteiger charge is 2.24. The summed E-state index contributed by atoms with van der Waals surface area (Å²) in [5, 5.41) is 8.27. The molecule has 1 aliphatic carbocycles. The van der Waals surface area contributed by atoms with E-state index >= 15 is 0 Å². The number of amides is 1. The van der Waals surface area contributed by atoms with E-state index < -0.39 is 0 Å². The van der Waals surface area contributed by atoms with Crippen LogP contribution in [0.1, 0.15) is 38.5 Å². The zero-order valence-corrected chi connectivity index (χ0v) is 13.9. The maximum atomic E-state index is 12.4. The van der Waals surface area contributed by atoms with Crippen molar-refractivity contribution in [2.75, 3.05) is 25.0 Å². The van der Waals surface area contributed by atoms with Crippen molar-refractivity contribution in [3.8, 4) is 0 Å². The zero-order valence-electron chi connectivity index (χ0n) is 13.9. The zero-order chi connectivity index (χ0) is 16.4. The molecule has 7 nitrogen and oxygen atoms in total. The third-order valence-electron chi connectivity index (χ3n) is 5.23. The van der Waals surface area contributed by atoms with Gasteiger partial charge in [-0.05, 0) is 38.8 Å².